The van der Waals surface area contributed by atoms with Gasteiger partial charge in [-0.05, 0) is 26.0 Å². The number of hydrogen-bond donors (Lipinski definition) is 1. The highest BCUT2D eigenvalue weighted by atomic mass is 16.1. The molecule has 2 nitrogen and oxygen atoms in total. The van der Waals surface area contributed by atoms with E-state index in [1.165, 1.54) is 0 Å². The number of carbonyl (C=O) groups is 1. The first kappa shape index (κ1) is 11.3. The molecule has 0 aliphatic carbocycles. The maximum Gasteiger partial charge on any atom is 0.251 e. The molecule has 15 heavy (non-hydrogen) atoms. The molecule has 78 valence electrons. The van der Waals surface area contributed by atoms with Gasteiger partial charge in [0.2, 0.25) is 0 Å². The van der Waals surface area contributed by atoms with Crippen molar-refractivity contribution in [3.8, 4) is 12.3 Å². The zero-order valence-electron chi connectivity index (χ0n) is 9.13. The fourth-order valence-electron chi connectivity index (χ4n) is 1.46. The lowest BCUT2D eigenvalue weighted by molar-refractivity contribution is 0.0954. The molecule has 0 heterocycles. The third kappa shape index (κ3) is 3.47. The monoisotopic (exact) mass is 201 g/mol. The highest BCUT2D eigenvalue weighted by molar-refractivity contribution is 5.94. The number of benzene rings is 1. The Morgan fingerprint density at radius 2 is 1.93 bits per heavy atom. The molecule has 0 atom stereocenters. The molecule has 0 radical (unpaired) electrons. The van der Waals surface area contributed by atoms with E-state index in [2.05, 4.69) is 11.2 Å². The summed E-state index contributed by atoms with van der Waals surface area (Å²) >= 11 is 0. The van der Waals surface area contributed by atoms with Gasteiger partial charge in [-0.2, -0.15) is 0 Å². The van der Waals surface area contributed by atoms with E-state index in [1.807, 2.05) is 32.0 Å². The molecule has 0 aromatic heterocycles. The molecular formula is C13H15NO. The molecule has 0 bridgehead atoms. The number of aryl methyl sites for hydroxylation is 2. The molecule has 2 heteroatoms. The number of nitrogens with one attached hydrogen (secondary N) is 1. The Balaban J connectivity index is 2.70. The lowest BCUT2D eigenvalue weighted by Gasteiger charge is -2.05. The summed E-state index contributed by atoms with van der Waals surface area (Å²) in [6, 6.07) is 5.79. The standard InChI is InChI=1S/C13H15NO/c1-4-5-6-14-13(15)12-8-10(2)7-11(3)9-12/h1,7-9H,5-6H2,2-3H3,(H,14,15). The van der Waals surface area contributed by atoms with Crippen LogP contribution in [0.1, 0.15) is 27.9 Å². The quantitative estimate of drug-likeness (QED) is 0.588. The Labute approximate surface area is 90.7 Å². The molecule has 1 N–H and O–H groups in total. The van der Waals surface area contributed by atoms with E-state index in [0.29, 0.717) is 18.5 Å². The fourth-order valence-corrected chi connectivity index (χ4v) is 1.46. The predicted molar refractivity (Wildman–Crippen MR) is 61.7 cm³/mol. The highest BCUT2D eigenvalue weighted by Crippen LogP contribution is 2.08. The molecule has 1 aromatic rings. The Morgan fingerprint density at radius 1 is 1.33 bits per heavy atom. The van der Waals surface area contributed by atoms with Gasteiger partial charge in [0.25, 0.3) is 5.91 Å². The summed E-state index contributed by atoms with van der Waals surface area (Å²) in [5, 5.41) is 2.77. The van der Waals surface area contributed by atoms with Crippen LogP contribution in [0.5, 0.6) is 0 Å². The summed E-state index contributed by atoms with van der Waals surface area (Å²) in [5.41, 5.74) is 2.89. The van der Waals surface area contributed by atoms with E-state index in [-0.39, 0.29) is 5.91 Å². The Hall–Kier alpha value is -1.75. The van der Waals surface area contributed by atoms with Crippen LogP contribution in [0.15, 0.2) is 18.2 Å². The van der Waals surface area contributed by atoms with Crippen LogP contribution < -0.4 is 5.32 Å². The molecule has 1 amide bonds. The van der Waals surface area contributed by atoms with Crippen LogP contribution in [0.2, 0.25) is 0 Å². The van der Waals surface area contributed by atoms with Gasteiger partial charge in [-0.1, -0.05) is 17.2 Å². The van der Waals surface area contributed by atoms with Crippen molar-refractivity contribution >= 4 is 5.91 Å². The van der Waals surface area contributed by atoms with Gasteiger partial charge in [0.15, 0.2) is 0 Å². The number of carbonyl (C=O) groups excluding carboxylic acids is 1. The first-order chi connectivity index (χ1) is 7.13. The van der Waals surface area contributed by atoms with Crippen LogP contribution in [0.3, 0.4) is 0 Å². The second-order valence-corrected chi connectivity index (χ2v) is 3.59. The van der Waals surface area contributed by atoms with E-state index in [4.69, 9.17) is 6.42 Å². The van der Waals surface area contributed by atoms with Crippen molar-refractivity contribution in [2.45, 2.75) is 20.3 Å². The minimum Gasteiger partial charge on any atom is -0.351 e. The first-order valence-electron chi connectivity index (χ1n) is 4.93. The van der Waals surface area contributed by atoms with Gasteiger partial charge in [0, 0.05) is 18.5 Å². The predicted octanol–water partition coefficient (Wildman–Crippen LogP) is 2.06. The molecule has 0 saturated heterocycles. The van der Waals surface area contributed by atoms with Gasteiger partial charge in [-0.15, -0.1) is 12.3 Å². The molecular weight excluding hydrogens is 186 g/mol. The topological polar surface area (TPSA) is 29.1 Å². The number of amides is 1. The molecule has 0 saturated carbocycles. The highest BCUT2D eigenvalue weighted by Gasteiger charge is 2.04. The van der Waals surface area contributed by atoms with Gasteiger partial charge >= 0.3 is 0 Å². The second-order valence-electron chi connectivity index (χ2n) is 3.59. The van der Waals surface area contributed by atoms with Gasteiger partial charge in [-0.3, -0.25) is 4.79 Å². The SMILES string of the molecule is C#CCCNC(=O)c1cc(C)cc(C)c1. The first-order valence-corrected chi connectivity index (χ1v) is 4.93. The Kier molecular flexibility index (Phi) is 3.93. The minimum absolute atomic E-state index is 0.0583. The van der Waals surface area contributed by atoms with E-state index in [0.717, 1.165) is 11.1 Å². The van der Waals surface area contributed by atoms with E-state index in [1.54, 1.807) is 0 Å². The number of terminal acetylenes is 1. The largest absolute Gasteiger partial charge is 0.351 e. The van der Waals surface area contributed by atoms with Crippen LogP contribution in [0, 0.1) is 26.2 Å². The number of rotatable bonds is 3. The lowest BCUT2D eigenvalue weighted by Crippen LogP contribution is -2.24. The van der Waals surface area contributed by atoms with Crippen molar-refractivity contribution in [1.82, 2.24) is 5.32 Å². The third-order valence-corrected chi connectivity index (χ3v) is 2.04. The molecule has 0 aliphatic heterocycles. The van der Waals surface area contributed by atoms with E-state index in [9.17, 15) is 4.79 Å². The maximum absolute atomic E-state index is 11.6. The molecule has 0 aliphatic rings. The summed E-state index contributed by atoms with van der Waals surface area (Å²) in [7, 11) is 0. The fraction of sp³-hybridized carbons (Fsp3) is 0.308. The zero-order valence-corrected chi connectivity index (χ0v) is 9.13. The summed E-state index contributed by atoms with van der Waals surface area (Å²) in [6.45, 7) is 4.48. The van der Waals surface area contributed by atoms with Gasteiger partial charge < -0.3 is 5.32 Å². The van der Waals surface area contributed by atoms with Crippen LogP contribution in [0.25, 0.3) is 0 Å². The van der Waals surface area contributed by atoms with Crippen molar-refractivity contribution in [1.29, 1.82) is 0 Å². The normalized spacial score (nSPS) is 9.40. The molecule has 0 fully saturated rings. The average Bonchev–Trinajstić information content (AvgIpc) is 2.16. The van der Waals surface area contributed by atoms with Crippen molar-refractivity contribution in [3.63, 3.8) is 0 Å². The lowest BCUT2D eigenvalue weighted by atomic mass is 10.1. The van der Waals surface area contributed by atoms with Crippen molar-refractivity contribution in [2.75, 3.05) is 6.54 Å². The van der Waals surface area contributed by atoms with Crippen LogP contribution in [-0.4, -0.2) is 12.5 Å². The number of hydrogen-bond acceptors (Lipinski definition) is 1. The average molecular weight is 201 g/mol. The van der Waals surface area contributed by atoms with Crippen LogP contribution in [-0.2, 0) is 0 Å². The van der Waals surface area contributed by atoms with Crippen LogP contribution >= 0.6 is 0 Å². The van der Waals surface area contributed by atoms with Crippen LogP contribution in [0.4, 0.5) is 0 Å². The maximum atomic E-state index is 11.6. The molecule has 1 aromatic carbocycles. The molecule has 0 spiro atoms. The third-order valence-electron chi connectivity index (χ3n) is 2.04. The van der Waals surface area contributed by atoms with Crippen molar-refractivity contribution in [2.24, 2.45) is 0 Å². The second kappa shape index (κ2) is 5.21. The molecule has 1 rings (SSSR count). The van der Waals surface area contributed by atoms with E-state index < -0.39 is 0 Å². The summed E-state index contributed by atoms with van der Waals surface area (Å²) in [6.07, 6.45) is 5.67. The van der Waals surface area contributed by atoms with Crippen molar-refractivity contribution in [3.05, 3.63) is 34.9 Å². The summed E-state index contributed by atoms with van der Waals surface area (Å²) in [5.74, 6) is 2.42. The summed E-state index contributed by atoms with van der Waals surface area (Å²) < 4.78 is 0. The van der Waals surface area contributed by atoms with Gasteiger partial charge in [-0.25, -0.2) is 0 Å². The zero-order chi connectivity index (χ0) is 11.3. The molecule has 0 unspecified atom stereocenters. The minimum atomic E-state index is -0.0583. The van der Waals surface area contributed by atoms with Gasteiger partial charge in [0.05, 0.1) is 0 Å². The van der Waals surface area contributed by atoms with E-state index >= 15 is 0 Å². The Bertz CT molecular complexity index is 381. The summed E-state index contributed by atoms with van der Waals surface area (Å²) in [4.78, 5) is 11.6. The van der Waals surface area contributed by atoms with Crippen molar-refractivity contribution < 1.29 is 4.79 Å². The van der Waals surface area contributed by atoms with Gasteiger partial charge in [0.1, 0.15) is 0 Å². The smallest absolute Gasteiger partial charge is 0.251 e. The Morgan fingerprint density at radius 3 is 2.47 bits per heavy atom.